The first kappa shape index (κ1) is 12.6. The molecular formula is C13H10BrNO3. The van der Waals surface area contributed by atoms with Crippen LogP contribution in [-0.4, -0.2) is 22.7 Å². The third-order valence-electron chi connectivity index (χ3n) is 2.34. The SMILES string of the molecule is C=C(Br)COc1cnc2ccccc2c1C(=O)O. The standard InChI is InChI=1S/C13H10BrNO3/c1-8(14)7-18-11-6-15-10-5-3-2-4-9(10)12(11)13(16)17/h2-6H,1,7H2,(H,16,17). The second-order valence-electron chi connectivity index (χ2n) is 3.63. The number of aromatic carboxylic acids is 1. The van der Waals surface area contributed by atoms with Gasteiger partial charge in [-0.15, -0.1) is 0 Å². The van der Waals surface area contributed by atoms with Crippen molar-refractivity contribution in [3.63, 3.8) is 0 Å². The van der Waals surface area contributed by atoms with Gasteiger partial charge in [0.1, 0.15) is 12.2 Å². The maximum atomic E-state index is 11.3. The number of carboxylic acid groups (broad SMARTS) is 1. The highest BCUT2D eigenvalue weighted by Gasteiger charge is 2.16. The quantitative estimate of drug-likeness (QED) is 0.942. The van der Waals surface area contributed by atoms with Gasteiger partial charge in [-0.2, -0.15) is 0 Å². The van der Waals surface area contributed by atoms with Crippen LogP contribution in [0.25, 0.3) is 10.9 Å². The van der Waals surface area contributed by atoms with Crippen LogP contribution < -0.4 is 4.74 Å². The lowest BCUT2D eigenvalue weighted by Crippen LogP contribution is -2.06. The largest absolute Gasteiger partial charge is 0.486 e. The van der Waals surface area contributed by atoms with Crippen molar-refractivity contribution >= 4 is 32.8 Å². The Morgan fingerprint density at radius 3 is 2.83 bits per heavy atom. The zero-order chi connectivity index (χ0) is 13.1. The number of fused-ring (bicyclic) bond motifs is 1. The van der Waals surface area contributed by atoms with Crippen molar-refractivity contribution in [2.45, 2.75) is 0 Å². The minimum Gasteiger partial charge on any atom is -0.486 e. The molecule has 2 rings (SSSR count). The number of ether oxygens (including phenoxy) is 1. The van der Waals surface area contributed by atoms with E-state index in [2.05, 4.69) is 27.5 Å². The van der Waals surface area contributed by atoms with Crippen molar-refractivity contribution in [1.82, 2.24) is 4.98 Å². The molecule has 1 heterocycles. The molecule has 0 radical (unpaired) electrons. The summed E-state index contributed by atoms with van der Waals surface area (Å²) in [5.41, 5.74) is 0.745. The number of hydrogen-bond acceptors (Lipinski definition) is 3. The number of carboxylic acids is 1. The number of hydrogen-bond donors (Lipinski definition) is 1. The molecule has 0 aliphatic rings. The van der Waals surface area contributed by atoms with E-state index in [-0.39, 0.29) is 17.9 Å². The highest BCUT2D eigenvalue weighted by atomic mass is 79.9. The van der Waals surface area contributed by atoms with Crippen LogP contribution in [0.4, 0.5) is 0 Å². The van der Waals surface area contributed by atoms with E-state index in [1.165, 1.54) is 6.20 Å². The molecule has 0 saturated heterocycles. The molecule has 1 aromatic heterocycles. The topological polar surface area (TPSA) is 59.4 Å². The van der Waals surface area contributed by atoms with Crippen LogP contribution in [0.3, 0.4) is 0 Å². The zero-order valence-electron chi connectivity index (χ0n) is 9.39. The van der Waals surface area contributed by atoms with Gasteiger partial charge in [0.25, 0.3) is 0 Å². The lowest BCUT2D eigenvalue weighted by atomic mass is 10.1. The van der Waals surface area contributed by atoms with Crippen molar-refractivity contribution < 1.29 is 14.6 Å². The van der Waals surface area contributed by atoms with E-state index in [1.54, 1.807) is 18.2 Å². The van der Waals surface area contributed by atoms with Crippen LogP contribution in [0.1, 0.15) is 10.4 Å². The lowest BCUT2D eigenvalue weighted by Gasteiger charge is -2.10. The summed E-state index contributed by atoms with van der Waals surface area (Å²) in [6.07, 6.45) is 1.42. The minimum absolute atomic E-state index is 0.120. The molecule has 5 heteroatoms. The molecule has 0 fully saturated rings. The molecule has 1 aromatic carbocycles. The molecule has 1 N–H and O–H groups in total. The van der Waals surface area contributed by atoms with Gasteiger partial charge in [-0.05, 0) is 6.07 Å². The zero-order valence-corrected chi connectivity index (χ0v) is 11.0. The number of aromatic nitrogens is 1. The van der Waals surface area contributed by atoms with Gasteiger partial charge in [0.05, 0.1) is 11.7 Å². The Hall–Kier alpha value is -1.88. The predicted molar refractivity (Wildman–Crippen MR) is 72.3 cm³/mol. The summed E-state index contributed by atoms with van der Waals surface area (Å²) in [4.78, 5) is 15.5. The van der Waals surface area contributed by atoms with Crippen LogP contribution in [0.2, 0.25) is 0 Å². The summed E-state index contributed by atoms with van der Waals surface area (Å²) in [6, 6.07) is 7.04. The third-order valence-corrected chi connectivity index (χ3v) is 2.57. The van der Waals surface area contributed by atoms with Crippen molar-refractivity contribution in [3.05, 3.63) is 47.1 Å². The Labute approximate surface area is 112 Å². The van der Waals surface area contributed by atoms with Gasteiger partial charge in [0, 0.05) is 9.87 Å². The number of para-hydroxylation sites is 1. The first-order chi connectivity index (χ1) is 8.59. The summed E-state index contributed by atoms with van der Waals surface area (Å²) < 4.78 is 6.01. The second-order valence-corrected chi connectivity index (χ2v) is 4.75. The summed E-state index contributed by atoms with van der Waals surface area (Å²) in [5.74, 6) is -0.800. The highest BCUT2D eigenvalue weighted by molar-refractivity contribution is 9.11. The second kappa shape index (κ2) is 5.18. The Morgan fingerprint density at radius 2 is 2.17 bits per heavy atom. The Kier molecular flexibility index (Phi) is 3.62. The van der Waals surface area contributed by atoms with Crippen molar-refractivity contribution in [3.8, 4) is 5.75 Å². The smallest absolute Gasteiger partial charge is 0.340 e. The highest BCUT2D eigenvalue weighted by Crippen LogP contribution is 2.26. The molecule has 0 spiro atoms. The fraction of sp³-hybridized carbons (Fsp3) is 0.0769. The number of benzene rings is 1. The van der Waals surface area contributed by atoms with Gasteiger partial charge in [0.15, 0.2) is 5.75 Å². The van der Waals surface area contributed by atoms with Crippen LogP contribution in [0, 0.1) is 0 Å². The van der Waals surface area contributed by atoms with Gasteiger partial charge >= 0.3 is 5.97 Å². The first-order valence-electron chi connectivity index (χ1n) is 5.16. The monoisotopic (exact) mass is 307 g/mol. The molecule has 92 valence electrons. The van der Waals surface area contributed by atoms with Crippen molar-refractivity contribution in [1.29, 1.82) is 0 Å². The van der Waals surface area contributed by atoms with Gasteiger partial charge in [-0.3, -0.25) is 4.98 Å². The van der Waals surface area contributed by atoms with Gasteiger partial charge in [-0.1, -0.05) is 40.7 Å². The van der Waals surface area contributed by atoms with E-state index < -0.39 is 5.97 Å². The molecule has 2 aromatic rings. The number of nitrogens with zero attached hydrogens (tertiary/aromatic N) is 1. The van der Waals surface area contributed by atoms with Gasteiger partial charge in [-0.25, -0.2) is 4.79 Å². The molecule has 0 atom stereocenters. The van der Waals surface area contributed by atoms with E-state index >= 15 is 0 Å². The average Bonchev–Trinajstić information content (AvgIpc) is 2.35. The fourth-order valence-corrected chi connectivity index (χ4v) is 1.72. The normalized spacial score (nSPS) is 10.3. The minimum atomic E-state index is -1.04. The molecule has 18 heavy (non-hydrogen) atoms. The van der Waals surface area contributed by atoms with Gasteiger partial charge in [0.2, 0.25) is 0 Å². The third kappa shape index (κ3) is 2.51. The summed E-state index contributed by atoms with van der Waals surface area (Å²) in [5, 5.41) is 9.85. The fourth-order valence-electron chi connectivity index (χ4n) is 1.61. The van der Waals surface area contributed by atoms with E-state index in [0.717, 1.165) is 0 Å². The maximum absolute atomic E-state index is 11.3. The lowest BCUT2D eigenvalue weighted by molar-refractivity contribution is 0.0695. The van der Waals surface area contributed by atoms with Crippen LogP contribution >= 0.6 is 15.9 Å². The Morgan fingerprint density at radius 1 is 1.44 bits per heavy atom. The molecule has 0 aliphatic carbocycles. The predicted octanol–water partition coefficient (Wildman–Crippen LogP) is 3.22. The van der Waals surface area contributed by atoms with E-state index in [4.69, 9.17) is 4.74 Å². The molecule has 0 amide bonds. The Balaban J connectivity index is 2.55. The van der Waals surface area contributed by atoms with Crippen molar-refractivity contribution in [2.75, 3.05) is 6.61 Å². The maximum Gasteiger partial charge on any atom is 0.340 e. The molecular weight excluding hydrogens is 298 g/mol. The molecule has 4 nitrogen and oxygen atoms in total. The Bertz CT molecular complexity index is 625. The summed E-state index contributed by atoms with van der Waals surface area (Å²) >= 11 is 3.16. The number of pyridine rings is 1. The van der Waals surface area contributed by atoms with E-state index in [0.29, 0.717) is 15.4 Å². The average molecular weight is 308 g/mol. The van der Waals surface area contributed by atoms with Crippen LogP contribution in [0.15, 0.2) is 41.5 Å². The number of halogens is 1. The molecule has 0 bridgehead atoms. The van der Waals surface area contributed by atoms with Crippen LogP contribution in [0.5, 0.6) is 5.75 Å². The molecule has 0 unspecified atom stereocenters. The summed E-state index contributed by atoms with van der Waals surface area (Å²) in [7, 11) is 0. The molecule has 0 saturated carbocycles. The van der Waals surface area contributed by atoms with E-state index in [1.807, 2.05) is 6.07 Å². The number of rotatable bonds is 4. The molecule has 0 aliphatic heterocycles. The van der Waals surface area contributed by atoms with Gasteiger partial charge < -0.3 is 9.84 Å². The number of carbonyl (C=O) groups is 1. The van der Waals surface area contributed by atoms with E-state index in [9.17, 15) is 9.90 Å². The first-order valence-corrected chi connectivity index (χ1v) is 5.96. The summed E-state index contributed by atoms with van der Waals surface area (Å²) in [6.45, 7) is 3.83. The van der Waals surface area contributed by atoms with Crippen molar-refractivity contribution in [2.24, 2.45) is 0 Å². The van der Waals surface area contributed by atoms with Crippen LogP contribution in [-0.2, 0) is 0 Å².